The molecule has 3 unspecified atom stereocenters. The summed E-state index contributed by atoms with van der Waals surface area (Å²) in [6, 6.07) is 9.93. The zero-order chi connectivity index (χ0) is 18.2. The third-order valence-corrected chi connectivity index (χ3v) is 6.77. The van der Waals surface area contributed by atoms with Crippen LogP contribution in [0.4, 0.5) is 0 Å². The SMILES string of the molecule is Cc1cc(C)n(C2CCC(C)C(O)C=C2S(=O)(=O)c2ccccc2)n1. The Morgan fingerprint density at radius 3 is 2.44 bits per heavy atom. The molecule has 0 saturated heterocycles. The second-order valence-corrected chi connectivity index (χ2v) is 8.77. The Bertz CT molecular complexity index is 885. The normalized spacial score (nSPS) is 24.6. The fourth-order valence-electron chi connectivity index (χ4n) is 3.39. The van der Waals surface area contributed by atoms with Crippen LogP contribution in [0.3, 0.4) is 0 Å². The van der Waals surface area contributed by atoms with Crippen LogP contribution in [0.15, 0.2) is 52.3 Å². The summed E-state index contributed by atoms with van der Waals surface area (Å²) in [4.78, 5) is 0.483. The molecule has 1 N–H and O–H groups in total. The number of nitrogens with zero attached hydrogens (tertiary/aromatic N) is 2. The Morgan fingerprint density at radius 2 is 1.84 bits per heavy atom. The summed E-state index contributed by atoms with van der Waals surface area (Å²) in [7, 11) is -3.71. The maximum atomic E-state index is 13.3. The van der Waals surface area contributed by atoms with E-state index >= 15 is 0 Å². The fourth-order valence-corrected chi connectivity index (χ4v) is 5.07. The number of hydrogen-bond donors (Lipinski definition) is 1. The van der Waals surface area contributed by atoms with Gasteiger partial charge in [0.15, 0.2) is 0 Å². The molecular weight excluding hydrogens is 336 g/mol. The quantitative estimate of drug-likeness (QED) is 0.912. The van der Waals surface area contributed by atoms with Crippen LogP contribution >= 0.6 is 0 Å². The standard InChI is InChI=1S/C19H24N2O3S/c1-13-9-10-17(21-15(3)11-14(2)20-21)19(12-18(13)22)25(23,24)16-7-5-4-6-8-16/h4-8,11-13,17-18,22H,9-10H2,1-3H3. The molecule has 25 heavy (non-hydrogen) atoms. The predicted molar refractivity (Wildman–Crippen MR) is 96.9 cm³/mol. The van der Waals surface area contributed by atoms with Gasteiger partial charge in [0.05, 0.1) is 27.6 Å². The fraction of sp³-hybridized carbons (Fsp3) is 0.421. The molecule has 134 valence electrons. The van der Waals surface area contributed by atoms with E-state index in [4.69, 9.17) is 0 Å². The van der Waals surface area contributed by atoms with Crippen molar-refractivity contribution in [1.29, 1.82) is 0 Å². The van der Waals surface area contributed by atoms with Gasteiger partial charge >= 0.3 is 0 Å². The summed E-state index contributed by atoms with van der Waals surface area (Å²) >= 11 is 0. The first-order chi connectivity index (χ1) is 11.8. The van der Waals surface area contributed by atoms with E-state index in [9.17, 15) is 13.5 Å². The van der Waals surface area contributed by atoms with Gasteiger partial charge in [-0.15, -0.1) is 0 Å². The third-order valence-electron chi connectivity index (χ3n) is 4.85. The molecule has 0 saturated carbocycles. The van der Waals surface area contributed by atoms with Crippen molar-refractivity contribution in [1.82, 2.24) is 9.78 Å². The number of allylic oxidation sites excluding steroid dienone is 1. The number of aromatic nitrogens is 2. The van der Waals surface area contributed by atoms with E-state index < -0.39 is 22.0 Å². The van der Waals surface area contributed by atoms with Gasteiger partial charge in [0.1, 0.15) is 0 Å². The lowest BCUT2D eigenvalue weighted by molar-refractivity contribution is 0.157. The number of aryl methyl sites for hydroxylation is 2. The first-order valence-corrected chi connectivity index (χ1v) is 10.0. The van der Waals surface area contributed by atoms with Gasteiger partial charge in [-0.3, -0.25) is 4.68 Å². The van der Waals surface area contributed by atoms with Crippen molar-refractivity contribution in [3.8, 4) is 0 Å². The molecule has 0 fully saturated rings. The van der Waals surface area contributed by atoms with Gasteiger partial charge in [-0.25, -0.2) is 8.42 Å². The molecule has 0 aliphatic heterocycles. The minimum absolute atomic E-state index is 0.00272. The lowest BCUT2D eigenvalue weighted by Gasteiger charge is -2.21. The van der Waals surface area contributed by atoms with E-state index in [1.165, 1.54) is 6.08 Å². The summed E-state index contributed by atoms with van der Waals surface area (Å²) in [5, 5.41) is 14.9. The zero-order valence-electron chi connectivity index (χ0n) is 14.8. The molecule has 3 atom stereocenters. The van der Waals surface area contributed by atoms with Crippen LogP contribution in [0.5, 0.6) is 0 Å². The van der Waals surface area contributed by atoms with E-state index in [-0.39, 0.29) is 15.7 Å². The average molecular weight is 360 g/mol. The molecule has 6 heteroatoms. The summed E-state index contributed by atoms with van der Waals surface area (Å²) in [6.07, 6.45) is 2.09. The Morgan fingerprint density at radius 1 is 1.16 bits per heavy atom. The molecule has 1 aliphatic carbocycles. The molecular formula is C19H24N2O3S. The van der Waals surface area contributed by atoms with E-state index in [1.807, 2.05) is 26.8 Å². The Labute approximate surface area is 148 Å². The molecule has 0 bridgehead atoms. The van der Waals surface area contributed by atoms with Crippen molar-refractivity contribution >= 4 is 9.84 Å². The number of benzene rings is 1. The van der Waals surface area contributed by atoms with Crippen LogP contribution in [0.1, 0.15) is 37.2 Å². The monoisotopic (exact) mass is 360 g/mol. The van der Waals surface area contributed by atoms with Crippen LogP contribution in [-0.4, -0.2) is 29.4 Å². The molecule has 0 radical (unpaired) electrons. The lowest BCUT2D eigenvalue weighted by Crippen LogP contribution is -2.20. The van der Waals surface area contributed by atoms with Crippen molar-refractivity contribution < 1.29 is 13.5 Å². The molecule has 0 amide bonds. The topological polar surface area (TPSA) is 72.2 Å². The highest BCUT2D eigenvalue weighted by molar-refractivity contribution is 7.95. The predicted octanol–water partition coefficient (Wildman–Crippen LogP) is 3.19. The first-order valence-electron chi connectivity index (χ1n) is 8.53. The van der Waals surface area contributed by atoms with Crippen LogP contribution in [0, 0.1) is 19.8 Å². The lowest BCUT2D eigenvalue weighted by atomic mass is 10.0. The summed E-state index contributed by atoms with van der Waals surface area (Å²) in [5.74, 6) is 0.00272. The Hall–Kier alpha value is -1.92. The van der Waals surface area contributed by atoms with E-state index in [1.54, 1.807) is 35.0 Å². The van der Waals surface area contributed by atoms with Gasteiger partial charge in [0.25, 0.3) is 0 Å². The van der Waals surface area contributed by atoms with Crippen molar-refractivity contribution in [2.45, 2.75) is 50.7 Å². The molecule has 1 aromatic heterocycles. The van der Waals surface area contributed by atoms with Crippen molar-refractivity contribution in [3.63, 3.8) is 0 Å². The molecule has 1 aliphatic rings. The minimum atomic E-state index is -3.71. The van der Waals surface area contributed by atoms with Gasteiger partial charge in [0, 0.05) is 5.69 Å². The number of aliphatic hydroxyl groups excluding tert-OH is 1. The highest BCUT2D eigenvalue weighted by Crippen LogP contribution is 2.37. The maximum Gasteiger partial charge on any atom is 0.204 e. The summed E-state index contributed by atoms with van der Waals surface area (Å²) in [6.45, 7) is 5.77. The number of rotatable bonds is 3. The molecule has 1 heterocycles. The Balaban J connectivity index is 2.16. The van der Waals surface area contributed by atoms with Crippen molar-refractivity contribution in [2.24, 2.45) is 5.92 Å². The molecule has 2 aromatic rings. The van der Waals surface area contributed by atoms with Gasteiger partial charge in [-0.1, -0.05) is 25.1 Å². The van der Waals surface area contributed by atoms with Gasteiger partial charge in [-0.2, -0.15) is 5.10 Å². The number of hydrogen-bond acceptors (Lipinski definition) is 4. The van der Waals surface area contributed by atoms with Gasteiger partial charge in [0.2, 0.25) is 9.84 Å². The second kappa shape index (κ2) is 6.77. The maximum absolute atomic E-state index is 13.3. The largest absolute Gasteiger partial charge is 0.389 e. The highest BCUT2D eigenvalue weighted by Gasteiger charge is 2.34. The third kappa shape index (κ3) is 3.41. The van der Waals surface area contributed by atoms with E-state index in [0.29, 0.717) is 6.42 Å². The van der Waals surface area contributed by atoms with Crippen LogP contribution in [-0.2, 0) is 9.84 Å². The molecule has 3 rings (SSSR count). The summed E-state index contributed by atoms with van der Waals surface area (Å²) < 4.78 is 28.3. The van der Waals surface area contributed by atoms with Gasteiger partial charge < -0.3 is 5.11 Å². The second-order valence-electron chi connectivity index (χ2n) is 6.82. The Kier molecular flexibility index (Phi) is 4.84. The molecule has 0 spiro atoms. The van der Waals surface area contributed by atoms with Crippen LogP contribution < -0.4 is 0 Å². The van der Waals surface area contributed by atoms with E-state index in [0.717, 1.165) is 17.8 Å². The van der Waals surface area contributed by atoms with Crippen LogP contribution in [0.25, 0.3) is 0 Å². The van der Waals surface area contributed by atoms with E-state index in [2.05, 4.69) is 5.10 Å². The average Bonchev–Trinajstić information content (AvgIpc) is 2.84. The minimum Gasteiger partial charge on any atom is -0.389 e. The van der Waals surface area contributed by atoms with Crippen molar-refractivity contribution in [2.75, 3.05) is 0 Å². The number of sulfone groups is 1. The molecule has 5 nitrogen and oxygen atoms in total. The van der Waals surface area contributed by atoms with Crippen LogP contribution in [0.2, 0.25) is 0 Å². The number of aliphatic hydroxyl groups is 1. The van der Waals surface area contributed by atoms with Crippen molar-refractivity contribution in [3.05, 3.63) is 58.8 Å². The molecule has 1 aromatic carbocycles. The highest BCUT2D eigenvalue weighted by atomic mass is 32.2. The smallest absolute Gasteiger partial charge is 0.204 e. The summed E-state index contributed by atoms with van der Waals surface area (Å²) in [5.41, 5.74) is 1.77. The van der Waals surface area contributed by atoms with Gasteiger partial charge in [-0.05, 0) is 56.9 Å². The first kappa shape index (κ1) is 17.9. The zero-order valence-corrected chi connectivity index (χ0v) is 15.6.